The monoisotopic (exact) mass is 458 g/mol. The van der Waals surface area contributed by atoms with Crippen LogP contribution in [0.5, 0.6) is 0 Å². The lowest BCUT2D eigenvalue weighted by molar-refractivity contribution is 0.577. The van der Waals surface area contributed by atoms with Gasteiger partial charge in [0.25, 0.3) is 0 Å². The molecule has 0 saturated heterocycles. The normalized spacial score (nSPS) is 11.4. The third kappa shape index (κ3) is 8.68. The van der Waals surface area contributed by atoms with E-state index in [1.807, 2.05) is 53.5 Å². The molecule has 0 fully saturated rings. The Labute approximate surface area is 187 Å². The van der Waals surface area contributed by atoms with E-state index in [1.165, 1.54) is 14.7 Å². The highest BCUT2D eigenvalue weighted by Gasteiger charge is 2.21. The van der Waals surface area contributed by atoms with E-state index in [0.717, 1.165) is 35.7 Å². The van der Waals surface area contributed by atoms with Crippen LogP contribution in [0.25, 0.3) is 0 Å². The average Bonchev–Trinajstić information content (AvgIpc) is 2.76. The van der Waals surface area contributed by atoms with E-state index < -0.39 is 7.14 Å². The van der Waals surface area contributed by atoms with E-state index >= 15 is 0 Å². The van der Waals surface area contributed by atoms with Gasteiger partial charge in [-0.1, -0.05) is 54.6 Å². The van der Waals surface area contributed by atoms with E-state index in [4.69, 9.17) is 0 Å². The van der Waals surface area contributed by atoms with Crippen LogP contribution in [0.2, 0.25) is 0 Å². The van der Waals surface area contributed by atoms with Gasteiger partial charge in [0.1, 0.15) is 0 Å². The Kier molecular flexibility index (Phi) is 9.82. The molecule has 5 heteroatoms. The predicted molar refractivity (Wildman–Crippen MR) is 134 cm³/mol. The second kappa shape index (κ2) is 12.6. The second-order valence-electron chi connectivity index (χ2n) is 6.71. The van der Waals surface area contributed by atoms with Crippen LogP contribution in [0.3, 0.4) is 0 Å². The molecule has 0 N–H and O–H groups in total. The molecule has 0 bridgehead atoms. The SMILES string of the molecule is O=P(CCSc1ccccc1)(CCSc1ccccc1)CCSc1ccccc1. The lowest BCUT2D eigenvalue weighted by atomic mass is 10.4. The molecular formula is C24H27OPS3. The van der Waals surface area contributed by atoms with Gasteiger partial charge in [0.05, 0.1) is 7.14 Å². The van der Waals surface area contributed by atoms with Crippen molar-refractivity contribution in [3.8, 4) is 0 Å². The molecular weight excluding hydrogens is 431 g/mol. The Balaban J connectivity index is 1.52. The van der Waals surface area contributed by atoms with E-state index in [0.29, 0.717) is 0 Å². The van der Waals surface area contributed by atoms with E-state index in [-0.39, 0.29) is 0 Å². The van der Waals surface area contributed by atoms with Crippen LogP contribution in [-0.4, -0.2) is 35.7 Å². The molecule has 1 nitrogen and oxygen atoms in total. The van der Waals surface area contributed by atoms with Gasteiger partial charge >= 0.3 is 0 Å². The van der Waals surface area contributed by atoms with Crippen LogP contribution < -0.4 is 0 Å². The average molecular weight is 459 g/mol. The van der Waals surface area contributed by atoms with Gasteiger partial charge in [-0.15, -0.1) is 35.3 Å². The quantitative estimate of drug-likeness (QED) is 0.204. The molecule has 0 spiro atoms. The summed E-state index contributed by atoms with van der Waals surface area (Å²) >= 11 is 5.46. The van der Waals surface area contributed by atoms with Crippen LogP contribution in [0.1, 0.15) is 0 Å². The first-order valence-corrected chi connectivity index (χ1v) is 15.1. The Morgan fingerprint density at radius 1 is 0.483 bits per heavy atom. The fraction of sp³-hybridized carbons (Fsp3) is 0.250. The third-order valence-corrected chi connectivity index (χ3v) is 11.6. The first-order chi connectivity index (χ1) is 14.2. The maximum absolute atomic E-state index is 13.7. The van der Waals surface area contributed by atoms with Gasteiger partial charge in [0.15, 0.2) is 0 Å². The molecule has 0 unspecified atom stereocenters. The fourth-order valence-corrected chi connectivity index (χ4v) is 10.4. The molecule has 0 amide bonds. The smallest absolute Gasteiger partial charge is 0.0902 e. The van der Waals surface area contributed by atoms with Gasteiger partial charge in [-0.2, -0.15) is 0 Å². The zero-order valence-corrected chi connectivity index (χ0v) is 19.8. The van der Waals surface area contributed by atoms with Crippen LogP contribution in [0, 0.1) is 0 Å². The molecule has 29 heavy (non-hydrogen) atoms. The molecule has 0 saturated carbocycles. The second-order valence-corrected chi connectivity index (χ2v) is 13.7. The summed E-state index contributed by atoms with van der Waals surface area (Å²) < 4.78 is 13.7. The van der Waals surface area contributed by atoms with Crippen molar-refractivity contribution in [2.75, 3.05) is 35.7 Å². The predicted octanol–water partition coefficient (Wildman–Crippen LogP) is 7.73. The molecule has 152 valence electrons. The van der Waals surface area contributed by atoms with Crippen molar-refractivity contribution >= 4 is 42.4 Å². The Morgan fingerprint density at radius 2 is 0.759 bits per heavy atom. The van der Waals surface area contributed by atoms with Gasteiger partial charge < -0.3 is 4.57 Å². The summed E-state index contributed by atoms with van der Waals surface area (Å²) in [7, 11) is -2.19. The van der Waals surface area contributed by atoms with Crippen LogP contribution in [0.15, 0.2) is 106 Å². The van der Waals surface area contributed by atoms with Gasteiger partial charge in [-0.25, -0.2) is 0 Å². The lowest BCUT2D eigenvalue weighted by Crippen LogP contribution is -2.06. The van der Waals surface area contributed by atoms with Crippen molar-refractivity contribution < 1.29 is 4.57 Å². The van der Waals surface area contributed by atoms with Crippen LogP contribution in [-0.2, 0) is 4.57 Å². The lowest BCUT2D eigenvalue weighted by Gasteiger charge is -2.18. The maximum atomic E-state index is 13.7. The molecule has 0 aromatic heterocycles. The zero-order chi connectivity index (χ0) is 20.2. The standard InChI is InChI=1S/C24H27OPS3/c25-26(16-19-27-22-10-4-1-5-11-22,17-20-28-23-12-6-2-7-13-23)18-21-29-24-14-8-3-9-15-24/h1-15H,16-21H2. The van der Waals surface area contributed by atoms with Gasteiger partial charge in [0, 0.05) is 50.4 Å². The number of rotatable bonds is 12. The van der Waals surface area contributed by atoms with Crippen molar-refractivity contribution in [3.63, 3.8) is 0 Å². The van der Waals surface area contributed by atoms with Gasteiger partial charge in [-0.05, 0) is 36.4 Å². The summed E-state index contributed by atoms with van der Waals surface area (Å²) in [5.41, 5.74) is 0. The van der Waals surface area contributed by atoms with E-state index in [2.05, 4.69) is 72.8 Å². The Hall–Kier alpha value is -1.06. The first kappa shape index (κ1) is 22.6. The van der Waals surface area contributed by atoms with Gasteiger partial charge in [0.2, 0.25) is 0 Å². The number of thioether (sulfide) groups is 3. The zero-order valence-electron chi connectivity index (χ0n) is 16.5. The number of hydrogen-bond donors (Lipinski definition) is 0. The highest BCUT2D eigenvalue weighted by atomic mass is 32.2. The molecule has 3 aromatic rings. The number of hydrogen-bond acceptors (Lipinski definition) is 4. The van der Waals surface area contributed by atoms with Crippen molar-refractivity contribution in [2.45, 2.75) is 14.7 Å². The molecule has 0 heterocycles. The molecule has 0 aliphatic rings. The maximum Gasteiger partial charge on any atom is 0.0902 e. The van der Waals surface area contributed by atoms with Gasteiger partial charge in [-0.3, -0.25) is 0 Å². The molecule has 3 aromatic carbocycles. The topological polar surface area (TPSA) is 17.1 Å². The summed E-state index contributed by atoms with van der Waals surface area (Å²) in [6.45, 7) is 0. The van der Waals surface area contributed by atoms with Crippen molar-refractivity contribution in [2.24, 2.45) is 0 Å². The third-order valence-electron chi connectivity index (χ3n) is 4.53. The molecule has 0 aliphatic heterocycles. The van der Waals surface area contributed by atoms with E-state index in [9.17, 15) is 4.57 Å². The Bertz CT molecular complexity index is 755. The molecule has 0 radical (unpaired) electrons. The van der Waals surface area contributed by atoms with E-state index in [1.54, 1.807) is 0 Å². The van der Waals surface area contributed by atoms with Crippen molar-refractivity contribution in [1.82, 2.24) is 0 Å². The summed E-state index contributed by atoms with van der Waals surface area (Å²) in [5.74, 6) is 2.77. The summed E-state index contributed by atoms with van der Waals surface area (Å²) in [6, 6.07) is 31.3. The molecule has 0 aliphatic carbocycles. The van der Waals surface area contributed by atoms with Crippen molar-refractivity contribution in [1.29, 1.82) is 0 Å². The van der Waals surface area contributed by atoms with Crippen molar-refractivity contribution in [3.05, 3.63) is 91.0 Å². The highest BCUT2D eigenvalue weighted by Crippen LogP contribution is 2.48. The molecule has 3 rings (SSSR count). The fourth-order valence-electron chi connectivity index (χ4n) is 2.88. The van der Waals surface area contributed by atoms with Crippen LogP contribution in [0.4, 0.5) is 0 Å². The largest absolute Gasteiger partial charge is 0.323 e. The first-order valence-electron chi connectivity index (χ1n) is 9.84. The van der Waals surface area contributed by atoms with Crippen LogP contribution >= 0.6 is 42.4 Å². The summed E-state index contributed by atoms with van der Waals surface area (Å²) in [6.07, 6.45) is 2.45. The Morgan fingerprint density at radius 3 is 1.03 bits per heavy atom. The minimum atomic E-state index is -2.19. The number of benzene rings is 3. The summed E-state index contributed by atoms with van der Waals surface area (Å²) in [5, 5.41) is 0. The highest BCUT2D eigenvalue weighted by molar-refractivity contribution is 8.00. The molecule has 0 atom stereocenters. The minimum Gasteiger partial charge on any atom is -0.323 e. The summed E-state index contributed by atoms with van der Waals surface area (Å²) in [4.78, 5) is 3.78. The minimum absolute atomic E-state index is 0.817.